The minimum atomic E-state index is -1.36. The Balaban J connectivity index is 1.33. The molecule has 3 aromatic carbocycles. The van der Waals surface area contributed by atoms with Crippen molar-refractivity contribution in [2.24, 2.45) is 5.92 Å². The molecular formula is C24H14Cl5FN4O2. The molecule has 2 amide bonds. The summed E-state index contributed by atoms with van der Waals surface area (Å²) in [4.78, 5) is 32.9. The van der Waals surface area contributed by atoms with Crippen LogP contribution in [-0.2, 0) is 4.79 Å². The molecule has 6 nitrogen and oxygen atoms in total. The number of halogens is 6. The summed E-state index contributed by atoms with van der Waals surface area (Å²) in [6, 6.07) is 13.3. The number of hydrogen-bond donors (Lipinski definition) is 3. The van der Waals surface area contributed by atoms with Crippen molar-refractivity contribution in [1.29, 1.82) is 0 Å². The molecular weight excluding hydrogens is 573 g/mol. The van der Waals surface area contributed by atoms with E-state index in [0.717, 1.165) is 0 Å². The Hall–Kier alpha value is -2.55. The molecule has 3 N–H and O–H groups in total. The van der Waals surface area contributed by atoms with Crippen LogP contribution in [0.25, 0.3) is 11.0 Å². The average molecular weight is 587 g/mol. The standard InChI is InChI=1S/C24H14Cl5FN4O2/c25-11-5-10(6-12(26)7-11)19-20(24(19,28)29)22(36)31-14-2-3-16(27)15(9-14)21(35)34-23-32-17-4-1-13(30)8-18(17)33-23/h1-9,19-20H,(H,31,36)(H2,32,33,34,35). The predicted octanol–water partition coefficient (Wildman–Crippen LogP) is 7.44. The van der Waals surface area contributed by atoms with E-state index in [1.165, 1.54) is 30.3 Å². The fourth-order valence-corrected chi connectivity index (χ4v) is 5.61. The molecule has 5 rings (SSSR count). The Bertz CT molecular complexity index is 1520. The molecule has 0 radical (unpaired) electrons. The summed E-state index contributed by atoms with van der Waals surface area (Å²) in [5, 5.41) is 6.25. The largest absolute Gasteiger partial charge is 0.326 e. The summed E-state index contributed by atoms with van der Waals surface area (Å²) in [5.41, 5.74) is 1.92. The topological polar surface area (TPSA) is 86.9 Å². The minimum Gasteiger partial charge on any atom is -0.326 e. The fraction of sp³-hybridized carbons (Fsp3) is 0.125. The van der Waals surface area contributed by atoms with Gasteiger partial charge in [-0.3, -0.25) is 14.9 Å². The summed E-state index contributed by atoms with van der Waals surface area (Å²) in [6.07, 6.45) is 0. The summed E-state index contributed by atoms with van der Waals surface area (Å²) in [6.45, 7) is 0. The summed E-state index contributed by atoms with van der Waals surface area (Å²) < 4.78 is 12.1. The first-order valence-electron chi connectivity index (χ1n) is 10.4. The molecule has 0 spiro atoms. The summed E-state index contributed by atoms with van der Waals surface area (Å²) in [7, 11) is 0. The van der Waals surface area contributed by atoms with Crippen LogP contribution in [-0.4, -0.2) is 26.1 Å². The molecule has 1 aliphatic rings. The van der Waals surface area contributed by atoms with Gasteiger partial charge in [-0.2, -0.15) is 0 Å². The number of imidazole rings is 1. The van der Waals surface area contributed by atoms with E-state index in [1.807, 2.05) is 0 Å². The number of carbonyl (C=O) groups excluding carboxylic acids is 2. The maximum atomic E-state index is 13.4. The van der Waals surface area contributed by atoms with E-state index in [1.54, 1.807) is 24.3 Å². The van der Waals surface area contributed by atoms with Crippen molar-refractivity contribution in [3.63, 3.8) is 0 Å². The third-order valence-electron chi connectivity index (χ3n) is 5.73. The van der Waals surface area contributed by atoms with Crippen molar-refractivity contribution in [3.05, 3.63) is 86.6 Å². The van der Waals surface area contributed by atoms with E-state index in [-0.39, 0.29) is 16.5 Å². The fourth-order valence-electron chi connectivity index (χ4n) is 4.04. The van der Waals surface area contributed by atoms with Gasteiger partial charge in [0.15, 0.2) is 0 Å². The van der Waals surface area contributed by atoms with Crippen molar-refractivity contribution in [2.45, 2.75) is 10.3 Å². The highest BCUT2D eigenvalue weighted by Crippen LogP contribution is 2.65. The van der Waals surface area contributed by atoms with Crippen LogP contribution >= 0.6 is 58.0 Å². The highest BCUT2D eigenvalue weighted by atomic mass is 35.5. The first kappa shape index (κ1) is 25.1. The molecule has 36 heavy (non-hydrogen) atoms. The number of nitrogens with one attached hydrogen (secondary N) is 3. The zero-order chi connectivity index (χ0) is 25.8. The van der Waals surface area contributed by atoms with Crippen LogP contribution < -0.4 is 10.6 Å². The van der Waals surface area contributed by atoms with Crippen LogP contribution in [0.1, 0.15) is 21.8 Å². The number of fused-ring (bicyclic) bond motifs is 1. The number of rotatable bonds is 5. The van der Waals surface area contributed by atoms with Gasteiger partial charge in [0.05, 0.1) is 27.5 Å². The Morgan fingerprint density at radius 2 is 1.67 bits per heavy atom. The highest BCUT2D eigenvalue weighted by Gasteiger charge is 2.67. The zero-order valence-corrected chi connectivity index (χ0v) is 21.7. The van der Waals surface area contributed by atoms with Gasteiger partial charge in [0, 0.05) is 21.7 Å². The quantitative estimate of drug-likeness (QED) is 0.213. The van der Waals surface area contributed by atoms with E-state index in [0.29, 0.717) is 32.3 Å². The number of hydrogen-bond acceptors (Lipinski definition) is 3. The van der Waals surface area contributed by atoms with E-state index >= 15 is 0 Å². The van der Waals surface area contributed by atoms with Crippen LogP contribution in [0, 0.1) is 11.7 Å². The van der Waals surface area contributed by atoms with Crippen LogP contribution in [0.15, 0.2) is 54.6 Å². The highest BCUT2D eigenvalue weighted by molar-refractivity contribution is 6.53. The van der Waals surface area contributed by atoms with Crippen LogP contribution in [0.3, 0.4) is 0 Å². The average Bonchev–Trinajstić information content (AvgIpc) is 3.16. The lowest BCUT2D eigenvalue weighted by molar-refractivity contribution is -0.117. The number of aromatic nitrogens is 2. The number of carbonyl (C=O) groups is 2. The molecule has 1 saturated carbocycles. The van der Waals surface area contributed by atoms with Gasteiger partial charge >= 0.3 is 0 Å². The second kappa shape index (κ2) is 9.39. The number of alkyl halides is 2. The predicted molar refractivity (Wildman–Crippen MR) is 141 cm³/mol. The number of benzene rings is 3. The van der Waals surface area contributed by atoms with E-state index in [2.05, 4.69) is 20.6 Å². The van der Waals surface area contributed by atoms with E-state index in [9.17, 15) is 14.0 Å². The van der Waals surface area contributed by atoms with Gasteiger partial charge in [0.1, 0.15) is 10.2 Å². The molecule has 2 unspecified atom stereocenters. The molecule has 4 aromatic rings. The lowest BCUT2D eigenvalue weighted by atomic mass is 10.1. The SMILES string of the molecule is O=C(Nc1nc2ccc(F)cc2[nH]1)c1cc(NC(=O)C2C(c3cc(Cl)cc(Cl)c3)C2(Cl)Cl)ccc1Cl. The summed E-state index contributed by atoms with van der Waals surface area (Å²) >= 11 is 31.2. The van der Waals surface area contributed by atoms with Crippen molar-refractivity contribution >= 4 is 92.5 Å². The number of anilines is 2. The molecule has 1 aliphatic carbocycles. The maximum absolute atomic E-state index is 13.4. The minimum absolute atomic E-state index is 0.0816. The Morgan fingerprint density at radius 1 is 0.944 bits per heavy atom. The molecule has 1 aromatic heterocycles. The number of amides is 2. The Labute approximate surface area is 229 Å². The van der Waals surface area contributed by atoms with Gasteiger partial charge in [-0.15, -0.1) is 23.2 Å². The second-order valence-corrected chi connectivity index (χ2v) is 10.9. The number of aromatic amines is 1. The van der Waals surface area contributed by atoms with Gasteiger partial charge in [0.2, 0.25) is 11.9 Å². The zero-order valence-electron chi connectivity index (χ0n) is 17.9. The first-order valence-corrected chi connectivity index (χ1v) is 12.3. The molecule has 1 heterocycles. The Morgan fingerprint density at radius 3 is 2.39 bits per heavy atom. The van der Waals surface area contributed by atoms with Crippen LogP contribution in [0.4, 0.5) is 16.0 Å². The first-order chi connectivity index (χ1) is 17.0. The van der Waals surface area contributed by atoms with Crippen molar-refractivity contribution in [1.82, 2.24) is 9.97 Å². The third kappa shape index (κ3) is 4.86. The third-order valence-corrected chi connectivity index (χ3v) is 7.44. The molecule has 0 saturated heterocycles. The van der Waals surface area contributed by atoms with Crippen molar-refractivity contribution in [3.8, 4) is 0 Å². The van der Waals surface area contributed by atoms with E-state index < -0.39 is 33.8 Å². The van der Waals surface area contributed by atoms with Gasteiger partial charge in [-0.1, -0.05) is 34.8 Å². The van der Waals surface area contributed by atoms with Gasteiger partial charge in [-0.05, 0) is 60.2 Å². The van der Waals surface area contributed by atoms with Crippen LogP contribution in [0.5, 0.6) is 0 Å². The van der Waals surface area contributed by atoms with Crippen molar-refractivity contribution < 1.29 is 14.0 Å². The molecule has 2 atom stereocenters. The molecule has 184 valence electrons. The normalized spacial score (nSPS) is 18.2. The summed E-state index contributed by atoms with van der Waals surface area (Å²) in [5.74, 6) is -2.66. The lowest BCUT2D eigenvalue weighted by Crippen LogP contribution is -2.18. The molecule has 1 fully saturated rings. The molecule has 12 heteroatoms. The maximum Gasteiger partial charge on any atom is 0.259 e. The lowest BCUT2D eigenvalue weighted by Gasteiger charge is -2.09. The Kier molecular flexibility index (Phi) is 6.55. The van der Waals surface area contributed by atoms with Crippen molar-refractivity contribution in [2.75, 3.05) is 10.6 Å². The number of H-pyrrole nitrogens is 1. The number of nitrogens with zero attached hydrogens (tertiary/aromatic N) is 1. The van der Waals surface area contributed by atoms with E-state index in [4.69, 9.17) is 58.0 Å². The van der Waals surface area contributed by atoms with Gasteiger partial charge < -0.3 is 10.3 Å². The smallest absolute Gasteiger partial charge is 0.259 e. The van der Waals surface area contributed by atoms with Crippen LogP contribution in [0.2, 0.25) is 15.1 Å². The van der Waals surface area contributed by atoms with Gasteiger partial charge in [0.25, 0.3) is 5.91 Å². The molecule has 0 aliphatic heterocycles. The second-order valence-electron chi connectivity index (χ2n) is 8.22. The monoisotopic (exact) mass is 584 g/mol. The van der Waals surface area contributed by atoms with Gasteiger partial charge in [-0.25, -0.2) is 9.37 Å². The molecule has 0 bridgehead atoms.